The summed E-state index contributed by atoms with van der Waals surface area (Å²) in [6.07, 6.45) is 3.44. The van der Waals surface area contributed by atoms with E-state index in [-0.39, 0.29) is 5.91 Å². The van der Waals surface area contributed by atoms with E-state index < -0.39 is 5.41 Å². The van der Waals surface area contributed by atoms with E-state index in [2.05, 4.69) is 48.4 Å². The number of hydrogen-bond acceptors (Lipinski definition) is 6. The molecule has 3 rings (SSSR count). The number of carbonyl (C=O) groups is 1. The Balaban J connectivity index is 1.62. The fourth-order valence-electron chi connectivity index (χ4n) is 4.70. The van der Waals surface area contributed by atoms with Gasteiger partial charge in [-0.05, 0) is 53.5 Å². The topological polar surface area (TPSA) is 79.6 Å². The van der Waals surface area contributed by atoms with Crippen LogP contribution in [-0.2, 0) is 16.0 Å². The molecule has 164 valence electrons. The van der Waals surface area contributed by atoms with Gasteiger partial charge < -0.3 is 19.9 Å². The van der Waals surface area contributed by atoms with Crippen LogP contribution < -0.4 is 10.6 Å². The molecule has 2 atom stereocenters. The molecule has 0 unspecified atom stereocenters. The Bertz CT molecular complexity index is 638. The Morgan fingerprint density at radius 1 is 1.38 bits per heavy atom. The van der Waals surface area contributed by atoms with Crippen molar-refractivity contribution in [1.29, 1.82) is 0 Å². The molecule has 7 nitrogen and oxygen atoms in total. The van der Waals surface area contributed by atoms with Gasteiger partial charge in [0, 0.05) is 56.7 Å². The second-order valence-corrected chi connectivity index (χ2v) is 9.20. The smallest absolute Gasteiger partial charge is 0.228 e. The minimum atomic E-state index is -0.471. The quantitative estimate of drug-likeness (QED) is 0.655. The van der Waals surface area contributed by atoms with Crippen molar-refractivity contribution in [3.8, 4) is 0 Å². The van der Waals surface area contributed by atoms with Gasteiger partial charge in [0.25, 0.3) is 0 Å². The third kappa shape index (κ3) is 5.58. The van der Waals surface area contributed by atoms with Crippen LogP contribution in [0.3, 0.4) is 0 Å². The van der Waals surface area contributed by atoms with Crippen molar-refractivity contribution in [3.63, 3.8) is 0 Å². The fraction of sp³-hybridized carbons (Fsp3) is 0.818. The minimum Gasteiger partial charge on any atom is -0.381 e. The number of rotatable bonds is 9. The molecule has 3 heterocycles. The molecule has 2 fully saturated rings. The maximum atomic E-state index is 13.3. The lowest BCUT2D eigenvalue weighted by Crippen LogP contribution is -2.53. The van der Waals surface area contributed by atoms with Gasteiger partial charge in [-0.15, -0.1) is 0 Å². The normalized spacial score (nSPS) is 25.3. The second-order valence-electron chi connectivity index (χ2n) is 9.20. The van der Waals surface area contributed by atoms with Crippen LogP contribution in [-0.4, -0.2) is 67.4 Å². The summed E-state index contributed by atoms with van der Waals surface area (Å²) in [5, 5.41) is 10.9. The molecule has 0 bridgehead atoms. The summed E-state index contributed by atoms with van der Waals surface area (Å²) < 4.78 is 11.1. The average Bonchev–Trinajstić information content (AvgIpc) is 3.36. The molecule has 2 saturated heterocycles. The fourth-order valence-corrected chi connectivity index (χ4v) is 4.70. The Labute approximate surface area is 174 Å². The van der Waals surface area contributed by atoms with Gasteiger partial charge in [0.1, 0.15) is 5.76 Å². The molecule has 2 N–H and O–H groups in total. The Morgan fingerprint density at radius 2 is 2.17 bits per heavy atom. The van der Waals surface area contributed by atoms with Crippen molar-refractivity contribution < 1.29 is 14.1 Å². The molecule has 0 aromatic carbocycles. The van der Waals surface area contributed by atoms with Gasteiger partial charge in [-0.25, -0.2) is 0 Å². The van der Waals surface area contributed by atoms with Gasteiger partial charge in [-0.2, -0.15) is 0 Å². The predicted molar refractivity (Wildman–Crippen MR) is 113 cm³/mol. The number of aromatic nitrogens is 1. The third-order valence-electron chi connectivity index (χ3n) is 6.37. The van der Waals surface area contributed by atoms with Crippen LogP contribution in [0.4, 0.5) is 0 Å². The third-order valence-corrected chi connectivity index (χ3v) is 6.37. The molecule has 0 saturated carbocycles. The monoisotopic (exact) mass is 406 g/mol. The molecule has 0 spiro atoms. The first-order valence-electron chi connectivity index (χ1n) is 11.2. The standard InChI is InChI=1S/C22H38N4O3/c1-16(2)26(17(3)4)10-9-24-21(27)22(7-5-8-23-15-22)13-19-12-20(25-29-19)18-6-11-28-14-18/h12,16-18,23H,5-11,13-15H2,1-4H3,(H,24,27)/t18-,22+/m1/s1. The Morgan fingerprint density at radius 3 is 2.79 bits per heavy atom. The van der Waals surface area contributed by atoms with Crippen LogP contribution in [0.1, 0.15) is 64.3 Å². The first-order valence-corrected chi connectivity index (χ1v) is 11.2. The van der Waals surface area contributed by atoms with Crippen LogP contribution in [0, 0.1) is 5.41 Å². The first kappa shape index (κ1) is 22.2. The number of hydrogen-bond donors (Lipinski definition) is 2. The van der Waals surface area contributed by atoms with Crippen LogP contribution in [0.25, 0.3) is 0 Å². The van der Waals surface area contributed by atoms with Gasteiger partial charge in [0.15, 0.2) is 0 Å². The number of nitrogens with zero attached hydrogens (tertiary/aromatic N) is 2. The largest absolute Gasteiger partial charge is 0.381 e. The summed E-state index contributed by atoms with van der Waals surface area (Å²) in [7, 11) is 0. The molecular formula is C22H38N4O3. The van der Waals surface area contributed by atoms with Gasteiger partial charge in [-0.1, -0.05) is 5.16 Å². The van der Waals surface area contributed by atoms with Crippen molar-refractivity contribution in [2.24, 2.45) is 5.41 Å². The van der Waals surface area contributed by atoms with Crippen molar-refractivity contribution in [2.75, 3.05) is 39.4 Å². The molecule has 0 radical (unpaired) electrons. The maximum Gasteiger partial charge on any atom is 0.228 e. The highest BCUT2D eigenvalue weighted by molar-refractivity contribution is 5.83. The SMILES string of the molecule is CC(C)N(CCNC(=O)[C@]1(Cc2cc([C@@H]3CCOC3)no2)CCCNC1)C(C)C. The van der Waals surface area contributed by atoms with E-state index in [0.717, 1.165) is 50.4 Å². The molecule has 7 heteroatoms. The number of amides is 1. The van der Waals surface area contributed by atoms with E-state index in [1.807, 2.05) is 6.07 Å². The van der Waals surface area contributed by atoms with Crippen LogP contribution >= 0.6 is 0 Å². The van der Waals surface area contributed by atoms with Gasteiger partial charge in [-0.3, -0.25) is 9.69 Å². The molecule has 1 aromatic rings. The second kappa shape index (κ2) is 10.0. The summed E-state index contributed by atoms with van der Waals surface area (Å²) in [6, 6.07) is 2.95. The summed E-state index contributed by atoms with van der Waals surface area (Å²) in [6.45, 7) is 13.5. The van der Waals surface area contributed by atoms with Crippen molar-refractivity contribution in [1.82, 2.24) is 20.7 Å². The molecule has 0 aliphatic carbocycles. The highest BCUT2D eigenvalue weighted by Gasteiger charge is 2.41. The summed E-state index contributed by atoms with van der Waals surface area (Å²) in [5.41, 5.74) is 0.489. The van der Waals surface area contributed by atoms with E-state index >= 15 is 0 Å². The van der Waals surface area contributed by atoms with Gasteiger partial charge >= 0.3 is 0 Å². The highest BCUT2D eigenvalue weighted by Crippen LogP contribution is 2.33. The molecular weight excluding hydrogens is 368 g/mol. The molecule has 1 aromatic heterocycles. The zero-order valence-electron chi connectivity index (χ0n) is 18.5. The molecule has 1 amide bonds. The van der Waals surface area contributed by atoms with Gasteiger partial charge in [0.05, 0.1) is 17.7 Å². The summed E-state index contributed by atoms with van der Waals surface area (Å²) in [5.74, 6) is 1.25. The van der Waals surface area contributed by atoms with E-state index in [4.69, 9.17) is 9.26 Å². The van der Waals surface area contributed by atoms with Crippen molar-refractivity contribution >= 4 is 5.91 Å². The lowest BCUT2D eigenvalue weighted by molar-refractivity contribution is -0.132. The minimum absolute atomic E-state index is 0.124. The van der Waals surface area contributed by atoms with Crippen LogP contribution in [0.15, 0.2) is 10.6 Å². The summed E-state index contributed by atoms with van der Waals surface area (Å²) >= 11 is 0. The number of ether oxygens (including phenoxy) is 1. The highest BCUT2D eigenvalue weighted by atomic mass is 16.5. The molecule has 29 heavy (non-hydrogen) atoms. The van der Waals surface area contributed by atoms with Crippen molar-refractivity contribution in [2.45, 2.75) is 71.4 Å². The first-order chi connectivity index (χ1) is 13.9. The Kier molecular flexibility index (Phi) is 7.71. The molecule has 2 aliphatic rings. The van der Waals surface area contributed by atoms with E-state index in [1.165, 1.54) is 0 Å². The average molecular weight is 407 g/mol. The number of carbonyl (C=O) groups excluding carboxylic acids is 1. The zero-order valence-corrected chi connectivity index (χ0v) is 18.5. The van der Waals surface area contributed by atoms with E-state index in [1.54, 1.807) is 0 Å². The van der Waals surface area contributed by atoms with Crippen LogP contribution in [0.2, 0.25) is 0 Å². The van der Waals surface area contributed by atoms with E-state index in [0.29, 0.717) is 44.1 Å². The lowest BCUT2D eigenvalue weighted by Gasteiger charge is -2.36. The number of nitrogens with one attached hydrogen (secondary N) is 2. The van der Waals surface area contributed by atoms with Gasteiger partial charge in [0.2, 0.25) is 5.91 Å². The van der Waals surface area contributed by atoms with Crippen LogP contribution in [0.5, 0.6) is 0 Å². The Hall–Kier alpha value is -1.44. The predicted octanol–water partition coefficient (Wildman–Crippen LogP) is 2.33. The van der Waals surface area contributed by atoms with Crippen molar-refractivity contribution in [3.05, 3.63) is 17.5 Å². The zero-order chi connectivity index (χ0) is 20.9. The lowest BCUT2D eigenvalue weighted by atomic mass is 9.76. The number of piperidine rings is 1. The summed E-state index contributed by atoms with van der Waals surface area (Å²) in [4.78, 5) is 15.7. The maximum absolute atomic E-state index is 13.3. The molecule has 2 aliphatic heterocycles. The van der Waals surface area contributed by atoms with E-state index in [9.17, 15) is 4.79 Å².